The van der Waals surface area contributed by atoms with Crippen molar-refractivity contribution in [3.8, 4) is 5.75 Å². The summed E-state index contributed by atoms with van der Waals surface area (Å²) in [5.74, 6) is -0.888. The third-order valence-corrected chi connectivity index (χ3v) is 3.31. The van der Waals surface area contributed by atoms with Gasteiger partial charge in [-0.25, -0.2) is 4.39 Å². The third kappa shape index (κ3) is 5.07. The molecule has 2 rings (SSSR count). The molecule has 112 valence electrons. The number of hydrogen-bond donors (Lipinski definition) is 2. The van der Waals surface area contributed by atoms with Gasteiger partial charge in [-0.05, 0) is 43.5 Å². The highest BCUT2D eigenvalue weighted by molar-refractivity contribution is 5.27. The zero-order valence-corrected chi connectivity index (χ0v) is 11.6. The summed E-state index contributed by atoms with van der Waals surface area (Å²) in [6.07, 6.45) is 3.43. The lowest BCUT2D eigenvalue weighted by Crippen LogP contribution is -2.19. The highest BCUT2D eigenvalue weighted by Crippen LogP contribution is 2.15. The fourth-order valence-electron chi connectivity index (χ4n) is 2.18. The molecule has 4 nitrogen and oxygen atoms in total. The van der Waals surface area contributed by atoms with Gasteiger partial charge in [-0.3, -0.25) is 0 Å². The Morgan fingerprint density at radius 2 is 2.35 bits per heavy atom. The van der Waals surface area contributed by atoms with Crippen molar-refractivity contribution in [1.29, 1.82) is 0 Å². The van der Waals surface area contributed by atoms with Crippen LogP contribution in [0, 0.1) is 5.82 Å². The summed E-state index contributed by atoms with van der Waals surface area (Å²) in [5.41, 5.74) is 0.820. The Balaban J connectivity index is 1.49. The molecular formula is C15H22FNO3. The quantitative estimate of drug-likeness (QED) is 0.718. The number of aromatic hydroxyl groups is 1. The highest BCUT2D eigenvalue weighted by Gasteiger charge is 2.14. The van der Waals surface area contributed by atoms with Crippen LogP contribution in [0.5, 0.6) is 5.75 Å². The predicted octanol–water partition coefficient (Wildman–Crippen LogP) is 2.21. The van der Waals surface area contributed by atoms with E-state index in [0.29, 0.717) is 19.8 Å². The Kier molecular flexibility index (Phi) is 6.24. The minimum absolute atomic E-state index is 0.280. The molecule has 1 aromatic carbocycles. The summed E-state index contributed by atoms with van der Waals surface area (Å²) < 4.78 is 24.1. The van der Waals surface area contributed by atoms with E-state index >= 15 is 0 Å². The molecule has 0 radical (unpaired) electrons. The van der Waals surface area contributed by atoms with Crippen molar-refractivity contribution in [2.45, 2.75) is 31.9 Å². The van der Waals surface area contributed by atoms with Crippen LogP contribution in [0.2, 0.25) is 0 Å². The molecule has 1 atom stereocenters. The molecule has 20 heavy (non-hydrogen) atoms. The molecule has 1 saturated heterocycles. The molecule has 1 aromatic rings. The normalized spacial score (nSPS) is 18.6. The van der Waals surface area contributed by atoms with E-state index in [-0.39, 0.29) is 11.9 Å². The first kappa shape index (κ1) is 15.2. The van der Waals surface area contributed by atoms with Crippen molar-refractivity contribution in [1.82, 2.24) is 5.32 Å². The fourth-order valence-corrected chi connectivity index (χ4v) is 2.18. The summed E-state index contributed by atoms with van der Waals surface area (Å²) in [6, 6.07) is 4.42. The molecule has 0 bridgehead atoms. The second kappa shape index (κ2) is 8.19. The van der Waals surface area contributed by atoms with E-state index in [1.54, 1.807) is 6.07 Å². The van der Waals surface area contributed by atoms with Crippen molar-refractivity contribution >= 4 is 0 Å². The maximum Gasteiger partial charge on any atom is 0.165 e. The minimum atomic E-state index is -0.579. The van der Waals surface area contributed by atoms with Crippen molar-refractivity contribution in [2.24, 2.45) is 0 Å². The van der Waals surface area contributed by atoms with Gasteiger partial charge < -0.3 is 19.9 Å². The monoisotopic (exact) mass is 283 g/mol. The third-order valence-electron chi connectivity index (χ3n) is 3.31. The van der Waals surface area contributed by atoms with E-state index in [2.05, 4.69) is 5.32 Å². The fraction of sp³-hybridized carbons (Fsp3) is 0.600. The smallest absolute Gasteiger partial charge is 0.165 e. The number of phenolic OH excluding ortho intramolecular Hbond substituents is 1. The topological polar surface area (TPSA) is 50.7 Å². The van der Waals surface area contributed by atoms with Gasteiger partial charge in [-0.1, -0.05) is 6.07 Å². The van der Waals surface area contributed by atoms with E-state index in [4.69, 9.17) is 14.6 Å². The van der Waals surface area contributed by atoms with Crippen LogP contribution < -0.4 is 5.32 Å². The first-order valence-electron chi connectivity index (χ1n) is 7.13. The second-order valence-corrected chi connectivity index (χ2v) is 5.03. The largest absolute Gasteiger partial charge is 0.505 e. The summed E-state index contributed by atoms with van der Waals surface area (Å²) in [7, 11) is 0. The number of nitrogens with one attached hydrogen (secondary N) is 1. The van der Waals surface area contributed by atoms with Crippen LogP contribution in [-0.2, 0) is 16.0 Å². The van der Waals surface area contributed by atoms with Gasteiger partial charge >= 0.3 is 0 Å². The van der Waals surface area contributed by atoms with Crippen LogP contribution >= 0.6 is 0 Å². The van der Waals surface area contributed by atoms with Crippen LogP contribution in [0.3, 0.4) is 0 Å². The lowest BCUT2D eigenvalue weighted by atomic mass is 10.2. The summed E-state index contributed by atoms with van der Waals surface area (Å²) in [4.78, 5) is 0. The van der Waals surface area contributed by atoms with Crippen LogP contribution in [-0.4, -0.2) is 37.6 Å². The average Bonchev–Trinajstić information content (AvgIpc) is 2.95. The maximum absolute atomic E-state index is 13.1. The van der Waals surface area contributed by atoms with Gasteiger partial charge in [-0.15, -0.1) is 0 Å². The molecule has 0 spiro atoms. The molecule has 1 aliphatic rings. The van der Waals surface area contributed by atoms with Crippen molar-refractivity contribution in [2.75, 3.05) is 26.4 Å². The average molecular weight is 283 g/mol. The van der Waals surface area contributed by atoms with E-state index in [9.17, 15) is 4.39 Å². The summed E-state index contributed by atoms with van der Waals surface area (Å²) in [5, 5.41) is 12.3. The first-order chi connectivity index (χ1) is 9.75. The molecule has 5 heteroatoms. The molecule has 1 unspecified atom stereocenters. The van der Waals surface area contributed by atoms with Crippen molar-refractivity contribution in [3.05, 3.63) is 29.6 Å². The van der Waals surface area contributed by atoms with Crippen LogP contribution in [0.15, 0.2) is 18.2 Å². The number of ether oxygens (including phenoxy) is 2. The molecule has 0 amide bonds. The Bertz CT molecular complexity index is 408. The summed E-state index contributed by atoms with van der Waals surface area (Å²) in [6.45, 7) is 3.65. The lowest BCUT2D eigenvalue weighted by Gasteiger charge is -2.10. The zero-order chi connectivity index (χ0) is 14.2. The van der Waals surface area contributed by atoms with Gasteiger partial charge in [0.15, 0.2) is 11.6 Å². The van der Waals surface area contributed by atoms with Gasteiger partial charge in [0.2, 0.25) is 0 Å². The van der Waals surface area contributed by atoms with Crippen LogP contribution in [0.25, 0.3) is 0 Å². The Morgan fingerprint density at radius 3 is 3.10 bits per heavy atom. The van der Waals surface area contributed by atoms with Crippen molar-refractivity contribution < 1.29 is 19.0 Å². The molecule has 2 N–H and O–H groups in total. The number of halogens is 1. The first-order valence-corrected chi connectivity index (χ1v) is 7.13. The lowest BCUT2D eigenvalue weighted by molar-refractivity contribution is 0.0166. The number of rotatable bonds is 8. The molecular weight excluding hydrogens is 261 g/mol. The Hall–Kier alpha value is -1.17. The SMILES string of the molecule is Oc1ccc(CNCCCOCC2CCCO2)cc1F. The predicted molar refractivity (Wildman–Crippen MR) is 74.2 cm³/mol. The van der Waals surface area contributed by atoms with Gasteiger partial charge in [0.05, 0.1) is 12.7 Å². The molecule has 1 heterocycles. The minimum Gasteiger partial charge on any atom is -0.505 e. The van der Waals surface area contributed by atoms with Gasteiger partial charge in [0.1, 0.15) is 0 Å². The number of benzene rings is 1. The zero-order valence-electron chi connectivity index (χ0n) is 11.6. The Labute approximate surface area is 118 Å². The second-order valence-electron chi connectivity index (χ2n) is 5.03. The molecule has 0 saturated carbocycles. The highest BCUT2D eigenvalue weighted by atomic mass is 19.1. The molecule has 1 fully saturated rings. The van der Waals surface area contributed by atoms with Gasteiger partial charge in [-0.2, -0.15) is 0 Å². The maximum atomic E-state index is 13.1. The number of phenols is 1. The van der Waals surface area contributed by atoms with E-state index in [1.165, 1.54) is 12.1 Å². The molecule has 1 aliphatic heterocycles. The van der Waals surface area contributed by atoms with Crippen LogP contribution in [0.1, 0.15) is 24.8 Å². The number of hydrogen-bond acceptors (Lipinski definition) is 4. The standard InChI is InChI=1S/C15H22FNO3/c16-14-9-12(4-5-15(14)18)10-17-6-2-7-19-11-13-3-1-8-20-13/h4-5,9,13,17-18H,1-3,6-8,10-11H2. The van der Waals surface area contributed by atoms with Crippen molar-refractivity contribution in [3.63, 3.8) is 0 Å². The van der Waals surface area contributed by atoms with Crippen LogP contribution in [0.4, 0.5) is 4.39 Å². The Morgan fingerprint density at radius 1 is 1.45 bits per heavy atom. The van der Waals surface area contributed by atoms with E-state index in [1.807, 2.05) is 0 Å². The van der Waals surface area contributed by atoms with E-state index < -0.39 is 5.82 Å². The van der Waals surface area contributed by atoms with Gasteiger partial charge in [0.25, 0.3) is 0 Å². The molecule has 0 aromatic heterocycles. The molecule has 0 aliphatic carbocycles. The summed E-state index contributed by atoms with van der Waals surface area (Å²) >= 11 is 0. The van der Waals surface area contributed by atoms with E-state index in [0.717, 1.165) is 38.0 Å². The van der Waals surface area contributed by atoms with Gasteiger partial charge in [0, 0.05) is 19.8 Å².